The van der Waals surface area contributed by atoms with Gasteiger partial charge in [-0.3, -0.25) is 5.10 Å². The second kappa shape index (κ2) is 3.81. The summed E-state index contributed by atoms with van der Waals surface area (Å²) >= 11 is 0. The van der Waals surface area contributed by atoms with Gasteiger partial charge in [-0.05, 0) is 12.1 Å². The Morgan fingerprint density at radius 1 is 1.33 bits per heavy atom. The molecule has 0 radical (unpaired) electrons. The number of aromatic amines is 1. The molecular weight excluding hydrogens is 193 g/mol. The lowest BCUT2D eigenvalue weighted by Gasteiger charge is -1.96. The van der Waals surface area contributed by atoms with Crippen molar-refractivity contribution in [1.29, 1.82) is 0 Å². The molecule has 0 amide bonds. The van der Waals surface area contributed by atoms with Gasteiger partial charge in [0, 0.05) is 11.5 Å². The molecule has 2 aromatic rings. The largest absolute Gasteiger partial charge is 0.262 e. The van der Waals surface area contributed by atoms with E-state index in [0.29, 0.717) is 17.3 Å². The summed E-state index contributed by atoms with van der Waals surface area (Å²) in [4.78, 5) is 4.29. The number of halogens is 1. The number of H-pyrrole nitrogens is 1. The fourth-order valence-corrected chi connectivity index (χ4v) is 1.29. The predicted octanol–water partition coefficient (Wildman–Crippen LogP) is 2.73. The van der Waals surface area contributed by atoms with Gasteiger partial charge in [0.1, 0.15) is 11.6 Å². The van der Waals surface area contributed by atoms with Crippen LogP contribution in [0.1, 0.15) is 25.6 Å². The molecule has 0 fully saturated rings. The van der Waals surface area contributed by atoms with Gasteiger partial charge >= 0.3 is 0 Å². The quantitative estimate of drug-likeness (QED) is 0.819. The molecule has 1 aromatic carbocycles. The van der Waals surface area contributed by atoms with Crippen LogP contribution in [0.25, 0.3) is 11.4 Å². The molecule has 1 heterocycles. The van der Waals surface area contributed by atoms with Gasteiger partial charge in [0.2, 0.25) is 0 Å². The van der Waals surface area contributed by atoms with Crippen LogP contribution in [0.2, 0.25) is 0 Å². The van der Waals surface area contributed by atoms with Gasteiger partial charge in [-0.15, -0.1) is 0 Å². The number of aromatic nitrogens is 3. The van der Waals surface area contributed by atoms with E-state index >= 15 is 0 Å². The molecule has 0 aliphatic rings. The van der Waals surface area contributed by atoms with E-state index in [1.807, 2.05) is 13.8 Å². The van der Waals surface area contributed by atoms with Gasteiger partial charge in [-0.1, -0.05) is 26.0 Å². The summed E-state index contributed by atoms with van der Waals surface area (Å²) in [6.07, 6.45) is 0. The second-order valence-corrected chi connectivity index (χ2v) is 3.71. The molecule has 0 bridgehead atoms. The second-order valence-electron chi connectivity index (χ2n) is 3.71. The minimum atomic E-state index is -0.275. The lowest BCUT2D eigenvalue weighted by molar-refractivity contribution is 0.628. The maximum Gasteiger partial charge on any atom is 0.181 e. The van der Waals surface area contributed by atoms with Gasteiger partial charge in [0.05, 0.1) is 0 Å². The molecule has 0 aliphatic heterocycles. The summed E-state index contributed by atoms with van der Waals surface area (Å²) in [6.45, 7) is 4.05. The van der Waals surface area contributed by atoms with Crippen LogP contribution >= 0.6 is 0 Å². The molecule has 4 heteroatoms. The summed E-state index contributed by atoms with van der Waals surface area (Å²) in [7, 11) is 0. The van der Waals surface area contributed by atoms with Crippen molar-refractivity contribution in [2.45, 2.75) is 19.8 Å². The molecule has 0 unspecified atom stereocenters. The van der Waals surface area contributed by atoms with E-state index in [1.54, 1.807) is 12.1 Å². The van der Waals surface area contributed by atoms with Crippen LogP contribution in [-0.2, 0) is 0 Å². The van der Waals surface area contributed by atoms with E-state index in [2.05, 4.69) is 15.2 Å². The molecule has 78 valence electrons. The van der Waals surface area contributed by atoms with Gasteiger partial charge in [-0.2, -0.15) is 5.10 Å². The maximum atomic E-state index is 13.0. The molecule has 1 aromatic heterocycles. The Kier molecular flexibility index (Phi) is 2.49. The third-order valence-corrected chi connectivity index (χ3v) is 2.13. The highest BCUT2D eigenvalue weighted by Crippen LogP contribution is 2.17. The molecule has 2 rings (SSSR count). The van der Waals surface area contributed by atoms with Crippen molar-refractivity contribution in [3.63, 3.8) is 0 Å². The van der Waals surface area contributed by atoms with Crippen LogP contribution in [0.3, 0.4) is 0 Å². The smallest absolute Gasteiger partial charge is 0.181 e. The van der Waals surface area contributed by atoms with E-state index < -0.39 is 0 Å². The Bertz CT molecular complexity index is 462. The number of nitrogens with zero attached hydrogens (tertiary/aromatic N) is 2. The third kappa shape index (κ3) is 2.03. The van der Waals surface area contributed by atoms with E-state index in [0.717, 1.165) is 5.82 Å². The van der Waals surface area contributed by atoms with E-state index in [1.165, 1.54) is 12.1 Å². The highest BCUT2D eigenvalue weighted by Gasteiger charge is 2.08. The van der Waals surface area contributed by atoms with Gasteiger partial charge in [0.15, 0.2) is 5.82 Å². The Balaban J connectivity index is 2.37. The first-order valence-electron chi connectivity index (χ1n) is 4.85. The molecule has 3 nitrogen and oxygen atoms in total. The number of benzene rings is 1. The Morgan fingerprint density at radius 3 is 2.73 bits per heavy atom. The van der Waals surface area contributed by atoms with Crippen LogP contribution in [-0.4, -0.2) is 15.2 Å². The Morgan fingerprint density at radius 2 is 2.13 bits per heavy atom. The molecule has 15 heavy (non-hydrogen) atoms. The van der Waals surface area contributed by atoms with Gasteiger partial charge in [0.25, 0.3) is 0 Å². The molecule has 0 spiro atoms. The zero-order chi connectivity index (χ0) is 10.8. The summed E-state index contributed by atoms with van der Waals surface area (Å²) in [5.41, 5.74) is 0.693. The van der Waals surface area contributed by atoms with E-state index in [-0.39, 0.29) is 5.82 Å². The molecule has 0 saturated heterocycles. The van der Waals surface area contributed by atoms with Gasteiger partial charge in [-0.25, -0.2) is 9.37 Å². The van der Waals surface area contributed by atoms with Crippen LogP contribution < -0.4 is 0 Å². The van der Waals surface area contributed by atoms with Crippen LogP contribution in [0.5, 0.6) is 0 Å². The van der Waals surface area contributed by atoms with Crippen LogP contribution in [0.15, 0.2) is 24.3 Å². The highest BCUT2D eigenvalue weighted by molar-refractivity contribution is 5.54. The standard InChI is InChI=1S/C11H12FN3/c1-7(2)10-13-11(15-14-10)8-4-3-5-9(12)6-8/h3-7H,1-2H3,(H,13,14,15). The average Bonchev–Trinajstić information content (AvgIpc) is 2.66. The van der Waals surface area contributed by atoms with E-state index in [9.17, 15) is 4.39 Å². The molecule has 0 saturated carbocycles. The summed E-state index contributed by atoms with van der Waals surface area (Å²) < 4.78 is 13.0. The minimum Gasteiger partial charge on any atom is -0.262 e. The Hall–Kier alpha value is -1.71. The van der Waals surface area contributed by atoms with Crippen LogP contribution in [0.4, 0.5) is 4.39 Å². The van der Waals surface area contributed by atoms with Crippen molar-refractivity contribution in [3.8, 4) is 11.4 Å². The average molecular weight is 205 g/mol. The first-order chi connectivity index (χ1) is 7.16. The topological polar surface area (TPSA) is 41.6 Å². The molecule has 0 atom stereocenters. The molecule has 0 aliphatic carbocycles. The monoisotopic (exact) mass is 205 g/mol. The van der Waals surface area contributed by atoms with Crippen molar-refractivity contribution < 1.29 is 4.39 Å². The SMILES string of the molecule is CC(C)c1nc(-c2cccc(F)c2)n[nH]1. The molecule has 1 N–H and O–H groups in total. The third-order valence-electron chi connectivity index (χ3n) is 2.13. The predicted molar refractivity (Wildman–Crippen MR) is 55.9 cm³/mol. The summed E-state index contributed by atoms with van der Waals surface area (Å²) in [6, 6.07) is 6.26. The summed E-state index contributed by atoms with van der Waals surface area (Å²) in [5, 5.41) is 6.89. The first kappa shape index (κ1) is 9.83. The van der Waals surface area contributed by atoms with Crippen molar-refractivity contribution in [2.24, 2.45) is 0 Å². The zero-order valence-electron chi connectivity index (χ0n) is 8.66. The normalized spacial score (nSPS) is 10.9. The van der Waals surface area contributed by atoms with Crippen molar-refractivity contribution in [1.82, 2.24) is 15.2 Å². The fourth-order valence-electron chi connectivity index (χ4n) is 1.29. The first-order valence-corrected chi connectivity index (χ1v) is 4.85. The van der Waals surface area contributed by atoms with Crippen molar-refractivity contribution in [2.75, 3.05) is 0 Å². The van der Waals surface area contributed by atoms with Crippen LogP contribution in [0, 0.1) is 5.82 Å². The number of hydrogen-bond acceptors (Lipinski definition) is 2. The lowest BCUT2D eigenvalue weighted by Crippen LogP contribution is -1.89. The summed E-state index contributed by atoms with van der Waals surface area (Å²) in [5.74, 6) is 1.37. The zero-order valence-corrected chi connectivity index (χ0v) is 8.66. The Labute approximate surface area is 87.4 Å². The number of rotatable bonds is 2. The number of hydrogen-bond donors (Lipinski definition) is 1. The van der Waals surface area contributed by atoms with Crippen molar-refractivity contribution >= 4 is 0 Å². The van der Waals surface area contributed by atoms with E-state index in [4.69, 9.17) is 0 Å². The van der Waals surface area contributed by atoms with Gasteiger partial charge < -0.3 is 0 Å². The number of nitrogens with one attached hydrogen (secondary N) is 1. The minimum absolute atomic E-state index is 0.275. The maximum absolute atomic E-state index is 13.0. The lowest BCUT2D eigenvalue weighted by atomic mass is 10.2. The fraction of sp³-hybridized carbons (Fsp3) is 0.273. The van der Waals surface area contributed by atoms with Crippen molar-refractivity contribution in [3.05, 3.63) is 35.9 Å². The highest BCUT2D eigenvalue weighted by atomic mass is 19.1. The molecular formula is C11H12FN3.